The van der Waals surface area contributed by atoms with Crippen LogP contribution in [0.4, 0.5) is 0 Å². The minimum absolute atomic E-state index is 0.577. The Labute approximate surface area is 111 Å². The zero-order valence-corrected chi connectivity index (χ0v) is 11.6. The highest BCUT2D eigenvalue weighted by molar-refractivity contribution is 5.08. The van der Waals surface area contributed by atoms with Gasteiger partial charge in [-0.3, -0.25) is 0 Å². The Morgan fingerprint density at radius 1 is 1.11 bits per heavy atom. The molecule has 1 saturated carbocycles. The molecule has 1 aliphatic rings. The van der Waals surface area contributed by atoms with Crippen LogP contribution < -0.4 is 0 Å². The fourth-order valence-electron chi connectivity index (χ4n) is 2.70. The van der Waals surface area contributed by atoms with Crippen LogP contribution >= 0.6 is 0 Å². The average molecular weight is 245 g/mol. The lowest BCUT2D eigenvalue weighted by molar-refractivity contribution is 0.363. The molecule has 1 aromatic rings. The molecule has 0 bridgehead atoms. The van der Waals surface area contributed by atoms with Gasteiger partial charge in [0.15, 0.2) is 0 Å². The second-order valence-corrected chi connectivity index (χ2v) is 5.62. The minimum atomic E-state index is 0.577. The van der Waals surface area contributed by atoms with Crippen molar-refractivity contribution in [1.82, 2.24) is 9.97 Å². The Balaban J connectivity index is 1.87. The predicted octanol–water partition coefficient (Wildman–Crippen LogP) is 4.32. The molecule has 2 heteroatoms. The highest BCUT2D eigenvalue weighted by Gasteiger charge is 2.21. The number of aryl methyl sites for hydroxylation is 1. The third kappa shape index (κ3) is 3.79. The summed E-state index contributed by atoms with van der Waals surface area (Å²) in [5.74, 6) is 2.28. The molecule has 2 nitrogen and oxygen atoms in total. The zero-order valence-electron chi connectivity index (χ0n) is 11.6. The first-order valence-corrected chi connectivity index (χ1v) is 7.43. The van der Waals surface area contributed by atoms with Crippen molar-refractivity contribution in [3.05, 3.63) is 30.7 Å². The molecule has 0 saturated heterocycles. The van der Waals surface area contributed by atoms with Crippen molar-refractivity contribution in [2.45, 2.75) is 64.2 Å². The summed E-state index contributed by atoms with van der Waals surface area (Å²) >= 11 is 0. The van der Waals surface area contributed by atoms with Crippen molar-refractivity contribution in [2.24, 2.45) is 5.92 Å². The molecule has 1 aromatic heterocycles. The molecule has 0 N–H and O–H groups in total. The maximum Gasteiger partial charge on any atom is 0.131 e. The summed E-state index contributed by atoms with van der Waals surface area (Å²) in [4.78, 5) is 9.15. The first kappa shape index (κ1) is 13.5. The van der Waals surface area contributed by atoms with E-state index in [1.54, 1.807) is 0 Å². The van der Waals surface area contributed by atoms with E-state index < -0.39 is 0 Å². The van der Waals surface area contributed by atoms with E-state index in [2.05, 4.69) is 23.8 Å². The second kappa shape index (κ2) is 6.86. The van der Waals surface area contributed by atoms with Gasteiger partial charge in [0.25, 0.3) is 0 Å². The summed E-state index contributed by atoms with van der Waals surface area (Å²) in [5.41, 5.74) is 1.29. The maximum atomic E-state index is 4.57. The molecule has 0 unspecified atom stereocenters. The number of aromatic nitrogens is 2. The van der Waals surface area contributed by atoms with E-state index in [0.717, 1.165) is 12.2 Å². The number of nitrogens with zero attached hydrogens (tertiary/aromatic N) is 2. The molecule has 1 heterocycles. The molecule has 0 atom stereocenters. The number of hydrogen-bond acceptors (Lipinski definition) is 2. The van der Waals surface area contributed by atoms with Gasteiger partial charge >= 0.3 is 0 Å². The Morgan fingerprint density at radius 2 is 1.78 bits per heavy atom. The third-order valence-corrected chi connectivity index (χ3v) is 4.01. The fourth-order valence-corrected chi connectivity index (χ4v) is 2.70. The molecule has 0 aliphatic heterocycles. The summed E-state index contributed by atoms with van der Waals surface area (Å²) < 4.78 is 0. The van der Waals surface area contributed by atoms with Gasteiger partial charge in [0.05, 0.1) is 0 Å². The van der Waals surface area contributed by atoms with Crippen molar-refractivity contribution in [1.29, 1.82) is 0 Å². The molecular weight excluding hydrogens is 220 g/mol. The SMILES string of the molecule is [CH2][C@H]1CC[C@H](c2ncc(CCCCC)cn2)CC1. The summed E-state index contributed by atoms with van der Waals surface area (Å²) in [6.07, 6.45) is 13.9. The van der Waals surface area contributed by atoms with Crippen LogP contribution in [0.2, 0.25) is 0 Å². The lowest BCUT2D eigenvalue weighted by Crippen LogP contribution is -2.13. The Kier molecular flexibility index (Phi) is 5.15. The van der Waals surface area contributed by atoms with Crippen LogP contribution in [0.15, 0.2) is 12.4 Å². The Hall–Kier alpha value is -0.920. The van der Waals surface area contributed by atoms with Crippen LogP contribution in [0.25, 0.3) is 0 Å². The first-order chi connectivity index (χ1) is 8.79. The van der Waals surface area contributed by atoms with Crippen molar-refractivity contribution >= 4 is 0 Å². The third-order valence-electron chi connectivity index (χ3n) is 4.01. The van der Waals surface area contributed by atoms with Crippen molar-refractivity contribution in [3.8, 4) is 0 Å². The average Bonchev–Trinajstić information content (AvgIpc) is 2.41. The summed E-state index contributed by atoms with van der Waals surface area (Å²) in [6.45, 7) is 6.38. The van der Waals surface area contributed by atoms with E-state index in [9.17, 15) is 0 Å². The van der Waals surface area contributed by atoms with Crippen molar-refractivity contribution < 1.29 is 0 Å². The lowest BCUT2D eigenvalue weighted by Gasteiger charge is -2.24. The smallest absolute Gasteiger partial charge is 0.131 e. The van der Waals surface area contributed by atoms with Crippen LogP contribution in [0.3, 0.4) is 0 Å². The molecule has 0 spiro atoms. The van der Waals surface area contributed by atoms with Gasteiger partial charge in [-0.1, -0.05) is 26.7 Å². The van der Waals surface area contributed by atoms with E-state index in [-0.39, 0.29) is 0 Å². The summed E-state index contributed by atoms with van der Waals surface area (Å²) in [5, 5.41) is 0. The number of rotatable bonds is 5. The van der Waals surface area contributed by atoms with Crippen molar-refractivity contribution in [2.75, 3.05) is 0 Å². The van der Waals surface area contributed by atoms with E-state index in [4.69, 9.17) is 0 Å². The van der Waals surface area contributed by atoms with E-state index in [1.165, 1.54) is 50.5 Å². The molecule has 0 amide bonds. The van der Waals surface area contributed by atoms with Gasteiger partial charge in [0.1, 0.15) is 5.82 Å². The van der Waals surface area contributed by atoms with Gasteiger partial charge in [-0.15, -0.1) is 0 Å². The minimum Gasteiger partial charge on any atom is -0.241 e. The highest BCUT2D eigenvalue weighted by atomic mass is 14.9. The monoisotopic (exact) mass is 245 g/mol. The van der Waals surface area contributed by atoms with Gasteiger partial charge in [-0.2, -0.15) is 0 Å². The van der Waals surface area contributed by atoms with Gasteiger partial charge in [-0.05, 0) is 50.0 Å². The lowest BCUT2D eigenvalue weighted by atomic mass is 9.82. The van der Waals surface area contributed by atoms with Crippen LogP contribution in [-0.2, 0) is 6.42 Å². The molecule has 2 rings (SSSR count). The standard InChI is InChI=1S/C16H25N2/c1-3-4-5-6-14-11-17-16(18-12-14)15-9-7-13(2)8-10-15/h11-13,15H,2-10H2,1H3/t13-,15-. The van der Waals surface area contributed by atoms with Gasteiger partial charge in [-0.25, -0.2) is 9.97 Å². The van der Waals surface area contributed by atoms with Crippen LogP contribution in [0.5, 0.6) is 0 Å². The van der Waals surface area contributed by atoms with Crippen LogP contribution in [0.1, 0.15) is 69.2 Å². The Bertz CT molecular complexity index is 337. The summed E-state index contributed by atoms with van der Waals surface area (Å²) in [7, 11) is 0. The molecule has 1 fully saturated rings. The van der Waals surface area contributed by atoms with Crippen molar-refractivity contribution in [3.63, 3.8) is 0 Å². The highest BCUT2D eigenvalue weighted by Crippen LogP contribution is 2.33. The molecule has 0 aromatic carbocycles. The van der Waals surface area contributed by atoms with Crippen LogP contribution in [0, 0.1) is 12.8 Å². The van der Waals surface area contributed by atoms with E-state index in [1.807, 2.05) is 12.4 Å². The molecule has 1 radical (unpaired) electrons. The normalized spacial score (nSPS) is 24.1. The van der Waals surface area contributed by atoms with E-state index >= 15 is 0 Å². The topological polar surface area (TPSA) is 25.8 Å². The predicted molar refractivity (Wildman–Crippen MR) is 75.3 cm³/mol. The molecule has 18 heavy (non-hydrogen) atoms. The summed E-state index contributed by atoms with van der Waals surface area (Å²) in [6, 6.07) is 0. The van der Waals surface area contributed by atoms with E-state index in [0.29, 0.717) is 11.8 Å². The maximum absolute atomic E-state index is 4.57. The second-order valence-electron chi connectivity index (χ2n) is 5.62. The first-order valence-electron chi connectivity index (χ1n) is 7.43. The molecule has 99 valence electrons. The quantitative estimate of drug-likeness (QED) is 0.722. The Morgan fingerprint density at radius 3 is 2.39 bits per heavy atom. The number of unbranched alkanes of at least 4 members (excludes halogenated alkanes) is 2. The molecular formula is C16H25N2. The molecule has 1 aliphatic carbocycles. The van der Waals surface area contributed by atoms with Crippen LogP contribution in [-0.4, -0.2) is 9.97 Å². The zero-order chi connectivity index (χ0) is 12.8. The largest absolute Gasteiger partial charge is 0.241 e. The van der Waals surface area contributed by atoms with Gasteiger partial charge in [0.2, 0.25) is 0 Å². The number of hydrogen-bond donors (Lipinski definition) is 0. The fraction of sp³-hybridized carbons (Fsp3) is 0.688. The van der Waals surface area contributed by atoms with Gasteiger partial charge in [0, 0.05) is 18.3 Å². The van der Waals surface area contributed by atoms with Gasteiger partial charge < -0.3 is 0 Å².